The summed E-state index contributed by atoms with van der Waals surface area (Å²) in [5, 5.41) is 13.9. The average Bonchev–Trinajstić information content (AvgIpc) is 2.38. The molecule has 19 heavy (non-hydrogen) atoms. The average molecular weight is 279 g/mol. The molecule has 4 nitrogen and oxygen atoms in total. The van der Waals surface area contributed by atoms with Crippen LogP contribution in [0.2, 0.25) is 0 Å². The van der Waals surface area contributed by atoms with E-state index in [2.05, 4.69) is 5.32 Å². The number of nitrogens with zero attached hydrogens (tertiary/aromatic N) is 1. The predicted molar refractivity (Wildman–Crippen MR) is 78.9 cm³/mol. The standard InChI is InChI=1S/C14H14N2O2.ClH/c1-11-5-2-3-8-14(11)15-10-12-6-4-7-13(9-12)16(17)18;/h2-9,15H,10H2,1H3;1H. The van der Waals surface area contributed by atoms with Gasteiger partial charge < -0.3 is 5.32 Å². The van der Waals surface area contributed by atoms with Gasteiger partial charge in [-0.05, 0) is 24.1 Å². The molecule has 0 bridgehead atoms. The molecular weight excluding hydrogens is 264 g/mol. The van der Waals surface area contributed by atoms with Crippen LogP contribution in [0.25, 0.3) is 0 Å². The van der Waals surface area contributed by atoms with Gasteiger partial charge in [0.2, 0.25) is 0 Å². The van der Waals surface area contributed by atoms with Crippen LogP contribution in [0.15, 0.2) is 48.5 Å². The largest absolute Gasteiger partial charge is 0.381 e. The van der Waals surface area contributed by atoms with Crippen LogP contribution in [0, 0.1) is 17.0 Å². The quantitative estimate of drug-likeness (QED) is 0.681. The third kappa shape index (κ3) is 3.96. The number of benzene rings is 2. The number of non-ortho nitro benzene ring substituents is 1. The van der Waals surface area contributed by atoms with Gasteiger partial charge in [-0.3, -0.25) is 10.1 Å². The summed E-state index contributed by atoms with van der Waals surface area (Å²) in [6, 6.07) is 14.6. The van der Waals surface area contributed by atoms with E-state index in [1.165, 1.54) is 6.07 Å². The fraction of sp³-hybridized carbons (Fsp3) is 0.143. The minimum atomic E-state index is -0.378. The van der Waals surface area contributed by atoms with Crippen molar-refractivity contribution in [1.29, 1.82) is 0 Å². The molecule has 0 unspecified atom stereocenters. The van der Waals surface area contributed by atoms with E-state index in [-0.39, 0.29) is 23.0 Å². The van der Waals surface area contributed by atoms with E-state index in [0.29, 0.717) is 6.54 Å². The van der Waals surface area contributed by atoms with E-state index in [1.54, 1.807) is 12.1 Å². The first-order chi connectivity index (χ1) is 8.66. The topological polar surface area (TPSA) is 55.2 Å². The summed E-state index contributed by atoms with van der Waals surface area (Å²) < 4.78 is 0. The van der Waals surface area contributed by atoms with Crippen molar-refractivity contribution in [2.75, 3.05) is 5.32 Å². The summed E-state index contributed by atoms with van der Waals surface area (Å²) in [5.41, 5.74) is 3.22. The van der Waals surface area contributed by atoms with Crippen molar-refractivity contribution >= 4 is 23.8 Å². The molecule has 0 atom stereocenters. The third-order valence-corrected chi connectivity index (χ3v) is 2.75. The summed E-state index contributed by atoms with van der Waals surface area (Å²) in [5.74, 6) is 0. The van der Waals surface area contributed by atoms with E-state index in [4.69, 9.17) is 0 Å². The third-order valence-electron chi connectivity index (χ3n) is 2.75. The van der Waals surface area contributed by atoms with Crippen LogP contribution >= 0.6 is 12.4 Å². The maximum atomic E-state index is 10.7. The van der Waals surface area contributed by atoms with Gasteiger partial charge in [0, 0.05) is 24.4 Å². The zero-order valence-corrected chi connectivity index (χ0v) is 11.3. The molecule has 1 N–H and O–H groups in total. The van der Waals surface area contributed by atoms with Gasteiger partial charge in [0.15, 0.2) is 0 Å². The van der Waals surface area contributed by atoms with Gasteiger partial charge in [-0.15, -0.1) is 12.4 Å². The molecule has 100 valence electrons. The van der Waals surface area contributed by atoms with Crippen molar-refractivity contribution < 1.29 is 4.92 Å². The first-order valence-corrected chi connectivity index (χ1v) is 5.69. The van der Waals surface area contributed by atoms with E-state index < -0.39 is 0 Å². The number of hydrogen-bond acceptors (Lipinski definition) is 3. The van der Waals surface area contributed by atoms with Crippen molar-refractivity contribution in [1.82, 2.24) is 0 Å². The Morgan fingerprint density at radius 1 is 1.16 bits per heavy atom. The molecule has 2 rings (SSSR count). The number of nitro groups is 1. The lowest BCUT2D eigenvalue weighted by atomic mass is 10.1. The smallest absolute Gasteiger partial charge is 0.269 e. The molecule has 0 spiro atoms. The number of anilines is 1. The molecule has 0 aliphatic rings. The number of aryl methyl sites for hydroxylation is 1. The maximum absolute atomic E-state index is 10.7. The molecule has 0 saturated carbocycles. The highest BCUT2D eigenvalue weighted by molar-refractivity contribution is 5.85. The van der Waals surface area contributed by atoms with Gasteiger partial charge in [-0.25, -0.2) is 0 Å². The molecule has 5 heteroatoms. The Labute approximate surface area is 118 Å². The van der Waals surface area contributed by atoms with E-state index >= 15 is 0 Å². The summed E-state index contributed by atoms with van der Waals surface area (Å²) >= 11 is 0. The number of nitro benzene ring substituents is 1. The monoisotopic (exact) mass is 278 g/mol. The van der Waals surface area contributed by atoms with Crippen LogP contribution in [-0.2, 0) is 6.54 Å². The Morgan fingerprint density at radius 2 is 1.89 bits per heavy atom. The molecule has 0 saturated heterocycles. The molecule has 2 aromatic rings. The van der Waals surface area contributed by atoms with Gasteiger partial charge in [0.05, 0.1) is 4.92 Å². The Bertz CT molecular complexity index is 573. The van der Waals surface area contributed by atoms with Crippen LogP contribution in [0.1, 0.15) is 11.1 Å². The Kier molecular flexibility index (Phi) is 5.33. The van der Waals surface area contributed by atoms with Gasteiger partial charge in [-0.1, -0.05) is 30.3 Å². The van der Waals surface area contributed by atoms with Crippen molar-refractivity contribution in [2.45, 2.75) is 13.5 Å². The van der Waals surface area contributed by atoms with Crippen molar-refractivity contribution in [2.24, 2.45) is 0 Å². The highest BCUT2D eigenvalue weighted by Crippen LogP contribution is 2.17. The Morgan fingerprint density at radius 3 is 2.58 bits per heavy atom. The lowest BCUT2D eigenvalue weighted by Gasteiger charge is -2.09. The second kappa shape index (κ2) is 6.75. The predicted octanol–water partition coefficient (Wildman–Crippen LogP) is 3.94. The summed E-state index contributed by atoms with van der Waals surface area (Å²) in [6.07, 6.45) is 0. The fourth-order valence-electron chi connectivity index (χ4n) is 1.75. The molecule has 0 heterocycles. The lowest BCUT2D eigenvalue weighted by Crippen LogP contribution is -2.01. The van der Waals surface area contributed by atoms with Crippen LogP contribution in [0.4, 0.5) is 11.4 Å². The Balaban J connectivity index is 0.00000180. The Hall–Kier alpha value is -2.07. The molecule has 0 aromatic heterocycles. The number of nitrogens with one attached hydrogen (secondary N) is 1. The molecule has 0 aliphatic heterocycles. The maximum Gasteiger partial charge on any atom is 0.269 e. The van der Waals surface area contributed by atoms with Gasteiger partial charge in [0.25, 0.3) is 5.69 Å². The van der Waals surface area contributed by atoms with Gasteiger partial charge >= 0.3 is 0 Å². The van der Waals surface area contributed by atoms with E-state index in [9.17, 15) is 10.1 Å². The minimum Gasteiger partial charge on any atom is -0.381 e. The zero-order chi connectivity index (χ0) is 13.0. The summed E-state index contributed by atoms with van der Waals surface area (Å²) in [6.45, 7) is 2.60. The van der Waals surface area contributed by atoms with Gasteiger partial charge in [-0.2, -0.15) is 0 Å². The van der Waals surface area contributed by atoms with E-state index in [1.807, 2.05) is 37.3 Å². The van der Waals surface area contributed by atoms with Crippen molar-refractivity contribution in [3.63, 3.8) is 0 Å². The molecule has 0 aliphatic carbocycles. The SMILES string of the molecule is Cc1ccccc1NCc1cccc([N+](=O)[O-])c1.Cl. The summed E-state index contributed by atoms with van der Waals surface area (Å²) in [4.78, 5) is 10.3. The minimum absolute atomic E-state index is 0. The van der Waals surface area contributed by atoms with Crippen LogP contribution in [0.5, 0.6) is 0 Å². The molecule has 0 radical (unpaired) electrons. The number of para-hydroxylation sites is 1. The van der Waals surface area contributed by atoms with Crippen molar-refractivity contribution in [3.05, 3.63) is 69.8 Å². The first kappa shape index (κ1) is 15.0. The molecule has 0 amide bonds. The lowest BCUT2D eigenvalue weighted by molar-refractivity contribution is -0.384. The summed E-state index contributed by atoms with van der Waals surface area (Å²) in [7, 11) is 0. The van der Waals surface area contributed by atoms with Crippen LogP contribution in [-0.4, -0.2) is 4.92 Å². The van der Waals surface area contributed by atoms with Gasteiger partial charge in [0.1, 0.15) is 0 Å². The normalized spacial score (nSPS) is 9.53. The number of hydrogen-bond donors (Lipinski definition) is 1. The highest BCUT2D eigenvalue weighted by Gasteiger charge is 2.05. The molecule has 2 aromatic carbocycles. The second-order valence-corrected chi connectivity index (χ2v) is 4.10. The molecule has 0 fully saturated rings. The number of halogens is 1. The fourth-order valence-corrected chi connectivity index (χ4v) is 1.75. The zero-order valence-electron chi connectivity index (χ0n) is 10.5. The second-order valence-electron chi connectivity index (χ2n) is 4.10. The van der Waals surface area contributed by atoms with Crippen LogP contribution < -0.4 is 5.32 Å². The first-order valence-electron chi connectivity index (χ1n) is 5.69. The molecular formula is C14H15ClN2O2. The van der Waals surface area contributed by atoms with E-state index in [0.717, 1.165) is 16.8 Å². The van der Waals surface area contributed by atoms with Crippen LogP contribution in [0.3, 0.4) is 0 Å². The number of rotatable bonds is 4. The van der Waals surface area contributed by atoms with Crippen molar-refractivity contribution in [3.8, 4) is 0 Å². The highest BCUT2D eigenvalue weighted by atomic mass is 35.5.